The van der Waals surface area contributed by atoms with Crippen molar-refractivity contribution >= 4 is 11.6 Å². The fraction of sp³-hybridized carbons (Fsp3) is 0.632. The van der Waals surface area contributed by atoms with E-state index in [1.165, 1.54) is 5.69 Å². The summed E-state index contributed by atoms with van der Waals surface area (Å²) < 4.78 is 5.21. The second-order valence-electron chi connectivity index (χ2n) is 6.45. The van der Waals surface area contributed by atoms with Crippen molar-refractivity contribution in [1.29, 1.82) is 0 Å². The van der Waals surface area contributed by atoms with Crippen LogP contribution < -0.4 is 9.64 Å². The SMILES string of the molecule is CCCCN(C)C(=O)CCN1CCN(c2ccc(OC)cc2)CC1. The number of carbonyl (C=O) groups excluding carboxylic acids is 1. The summed E-state index contributed by atoms with van der Waals surface area (Å²) in [6.07, 6.45) is 2.84. The summed E-state index contributed by atoms with van der Waals surface area (Å²) in [5.41, 5.74) is 1.24. The highest BCUT2D eigenvalue weighted by Gasteiger charge is 2.18. The third-order valence-corrected chi connectivity index (χ3v) is 4.72. The molecule has 0 radical (unpaired) electrons. The van der Waals surface area contributed by atoms with Gasteiger partial charge in [0, 0.05) is 58.4 Å². The number of carbonyl (C=O) groups is 1. The van der Waals surface area contributed by atoms with Gasteiger partial charge in [0.25, 0.3) is 0 Å². The van der Waals surface area contributed by atoms with Crippen molar-refractivity contribution in [3.63, 3.8) is 0 Å². The summed E-state index contributed by atoms with van der Waals surface area (Å²) >= 11 is 0. The molecule has 0 bridgehead atoms. The van der Waals surface area contributed by atoms with E-state index < -0.39 is 0 Å². The molecular weight excluding hydrogens is 302 g/mol. The van der Waals surface area contributed by atoms with Crippen LogP contribution in [-0.2, 0) is 4.79 Å². The first-order valence-electron chi connectivity index (χ1n) is 8.99. The molecule has 1 aliphatic heterocycles. The lowest BCUT2D eigenvalue weighted by molar-refractivity contribution is -0.130. The van der Waals surface area contributed by atoms with E-state index >= 15 is 0 Å². The minimum Gasteiger partial charge on any atom is -0.497 e. The molecule has 0 spiro atoms. The standard InChI is InChI=1S/C19H31N3O2/c1-4-5-11-20(2)19(23)10-12-21-13-15-22(16-14-21)17-6-8-18(24-3)9-7-17/h6-9H,4-5,10-16H2,1-3H3. The Morgan fingerprint density at radius 2 is 1.83 bits per heavy atom. The van der Waals surface area contributed by atoms with Crippen LogP contribution in [0, 0.1) is 0 Å². The number of anilines is 1. The highest BCUT2D eigenvalue weighted by molar-refractivity contribution is 5.76. The fourth-order valence-corrected chi connectivity index (χ4v) is 2.99. The molecule has 5 heteroatoms. The largest absolute Gasteiger partial charge is 0.497 e. The Hall–Kier alpha value is -1.75. The Labute approximate surface area is 146 Å². The first kappa shape index (κ1) is 18.6. The van der Waals surface area contributed by atoms with E-state index in [9.17, 15) is 4.79 Å². The minimum atomic E-state index is 0.265. The number of rotatable bonds is 8. The van der Waals surface area contributed by atoms with Crippen molar-refractivity contribution in [1.82, 2.24) is 9.80 Å². The number of methoxy groups -OCH3 is 1. The number of benzene rings is 1. The Morgan fingerprint density at radius 1 is 1.17 bits per heavy atom. The van der Waals surface area contributed by atoms with Gasteiger partial charge in [0.05, 0.1) is 7.11 Å². The zero-order valence-corrected chi connectivity index (χ0v) is 15.3. The van der Waals surface area contributed by atoms with Crippen molar-refractivity contribution in [3.8, 4) is 5.75 Å². The highest BCUT2D eigenvalue weighted by atomic mass is 16.5. The highest BCUT2D eigenvalue weighted by Crippen LogP contribution is 2.20. The molecule has 0 N–H and O–H groups in total. The molecule has 1 aromatic carbocycles. The summed E-state index contributed by atoms with van der Waals surface area (Å²) in [6, 6.07) is 8.24. The molecule has 1 amide bonds. The molecule has 1 fully saturated rings. The van der Waals surface area contributed by atoms with Gasteiger partial charge in [-0.3, -0.25) is 9.69 Å². The number of nitrogens with zero attached hydrogens (tertiary/aromatic N) is 3. The Morgan fingerprint density at radius 3 is 2.42 bits per heavy atom. The lowest BCUT2D eigenvalue weighted by Gasteiger charge is -2.36. The molecule has 5 nitrogen and oxygen atoms in total. The van der Waals surface area contributed by atoms with Crippen molar-refractivity contribution in [2.24, 2.45) is 0 Å². The molecule has 1 saturated heterocycles. The summed E-state index contributed by atoms with van der Waals surface area (Å²) in [5.74, 6) is 1.16. The van der Waals surface area contributed by atoms with E-state index in [1.807, 2.05) is 24.1 Å². The molecule has 0 saturated carbocycles. The molecule has 1 heterocycles. The number of hydrogen-bond donors (Lipinski definition) is 0. The molecular formula is C19H31N3O2. The third kappa shape index (κ3) is 5.41. The van der Waals surface area contributed by atoms with Crippen LogP contribution in [0.4, 0.5) is 5.69 Å². The van der Waals surface area contributed by atoms with E-state index in [0.29, 0.717) is 6.42 Å². The summed E-state index contributed by atoms with van der Waals surface area (Å²) in [5, 5.41) is 0. The molecule has 1 aromatic rings. The van der Waals surface area contributed by atoms with E-state index in [4.69, 9.17) is 4.74 Å². The van der Waals surface area contributed by atoms with Crippen molar-refractivity contribution in [3.05, 3.63) is 24.3 Å². The van der Waals surface area contributed by atoms with Gasteiger partial charge in [-0.1, -0.05) is 13.3 Å². The monoisotopic (exact) mass is 333 g/mol. The van der Waals surface area contributed by atoms with E-state index in [1.54, 1.807) is 7.11 Å². The summed E-state index contributed by atoms with van der Waals surface area (Å²) in [6.45, 7) is 7.93. The van der Waals surface area contributed by atoms with Crippen LogP contribution in [0.25, 0.3) is 0 Å². The predicted octanol–water partition coefficient (Wildman–Crippen LogP) is 2.47. The molecule has 24 heavy (non-hydrogen) atoms. The van der Waals surface area contributed by atoms with Gasteiger partial charge in [0.1, 0.15) is 5.75 Å². The molecule has 0 aromatic heterocycles. The number of ether oxygens (including phenoxy) is 1. The Bertz CT molecular complexity index is 496. The second kappa shape index (κ2) is 9.52. The average Bonchev–Trinajstić information content (AvgIpc) is 2.64. The summed E-state index contributed by atoms with van der Waals surface area (Å²) in [4.78, 5) is 18.8. The Balaban J connectivity index is 1.71. The molecule has 0 atom stereocenters. The van der Waals surface area contributed by atoms with Crippen LogP contribution in [-0.4, -0.2) is 69.1 Å². The van der Waals surface area contributed by atoms with Crippen LogP contribution in [0.3, 0.4) is 0 Å². The lowest BCUT2D eigenvalue weighted by atomic mass is 10.2. The van der Waals surface area contributed by atoms with Gasteiger partial charge in [-0.05, 0) is 30.7 Å². The quantitative estimate of drug-likeness (QED) is 0.732. The molecule has 0 unspecified atom stereocenters. The fourth-order valence-electron chi connectivity index (χ4n) is 2.99. The molecule has 2 rings (SSSR count). The zero-order chi connectivity index (χ0) is 17.4. The van der Waals surface area contributed by atoms with Crippen LogP contribution in [0.15, 0.2) is 24.3 Å². The van der Waals surface area contributed by atoms with Gasteiger partial charge in [0.15, 0.2) is 0 Å². The maximum Gasteiger partial charge on any atom is 0.223 e. The maximum atomic E-state index is 12.1. The van der Waals surface area contributed by atoms with Gasteiger partial charge in [-0.25, -0.2) is 0 Å². The van der Waals surface area contributed by atoms with Gasteiger partial charge < -0.3 is 14.5 Å². The topological polar surface area (TPSA) is 36.0 Å². The lowest BCUT2D eigenvalue weighted by Crippen LogP contribution is -2.47. The van der Waals surface area contributed by atoms with Gasteiger partial charge in [0.2, 0.25) is 5.91 Å². The van der Waals surface area contributed by atoms with Gasteiger partial charge in [-0.15, -0.1) is 0 Å². The number of unbranched alkanes of at least 4 members (excludes halogenated alkanes) is 1. The minimum absolute atomic E-state index is 0.265. The molecule has 0 aliphatic carbocycles. The third-order valence-electron chi connectivity index (χ3n) is 4.72. The zero-order valence-electron chi connectivity index (χ0n) is 15.3. The number of amides is 1. The maximum absolute atomic E-state index is 12.1. The normalized spacial score (nSPS) is 15.4. The number of piperazine rings is 1. The van der Waals surface area contributed by atoms with Gasteiger partial charge >= 0.3 is 0 Å². The van der Waals surface area contributed by atoms with Crippen molar-refractivity contribution in [2.75, 3.05) is 58.3 Å². The number of hydrogen-bond acceptors (Lipinski definition) is 4. The first-order valence-corrected chi connectivity index (χ1v) is 8.99. The van der Waals surface area contributed by atoms with Gasteiger partial charge in [-0.2, -0.15) is 0 Å². The van der Waals surface area contributed by atoms with Crippen LogP contribution in [0.5, 0.6) is 5.75 Å². The van der Waals surface area contributed by atoms with E-state index in [-0.39, 0.29) is 5.91 Å². The van der Waals surface area contributed by atoms with Crippen molar-refractivity contribution < 1.29 is 9.53 Å². The molecule has 1 aliphatic rings. The van der Waals surface area contributed by atoms with Crippen LogP contribution in [0.1, 0.15) is 26.2 Å². The van der Waals surface area contributed by atoms with Crippen LogP contribution in [0.2, 0.25) is 0 Å². The average molecular weight is 333 g/mol. The summed E-state index contributed by atoms with van der Waals surface area (Å²) in [7, 11) is 3.61. The van der Waals surface area contributed by atoms with E-state index in [0.717, 1.165) is 57.9 Å². The predicted molar refractivity (Wildman–Crippen MR) is 98.8 cm³/mol. The van der Waals surface area contributed by atoms with Crippen LogP contribution >= 0.6 is 0 Å². The molecule has 134 valence electrons. The second-order valence-corrected chi connectivity index (χ2v) is 6.45. The Kier molecular flexibility index (Phi) is 7.37. The van der Waals surface area contributed by atoms with Crippen molar-refractivity contribution in [2.45, 2.75) is 26.2 Å². The smallest absolute Gasteiger partial charge is 0.223 e. The first-order chi connectivity index (χ1) is 11.6. The van der Waals surface area contributed by atoms with E-state index in [2.05, 4.69) is 28.9 Å².